The van der Waals surface area contributed by atoms with Crippen molar-refractivity contribution in [3.8, 4) is 11.5 Å². The van der Waals surface area contributed by atoms with Crippen LogP contribution in [0.25, 0.3) is 0 Å². The second-order valence-electron chi connectivity index (χ2n) is 6.08. The van der Waals surface area contributed by atoms with Gasteiger partial charge in [0.25, 0.3) is 0 Å². The Morgan fingerprint density at radius 2 is 2.04 bits per heavy atom. The summed E-state index contributed by atoms with van der Waals surface area (Å²) in [6, 6.07) is 13.6. The van der Waals surface area contributed by atoms with Gasteiger partial charge in [0.15, 0.2) is 5.96 Å². The van der Waals surface area contributed by atoms with Crippen LogP contribution in [0, 0.1) is 0 Å². The molecule has 0 radical (unpaired) electrons. The zero-order chi connectivity index (χ0) is 17.5. The van der Waals surface area contributed by atoms with Crippen LogP contribution < -0.4 is 15.4 Å². The van der Waals surface area contributed by atoms with Crippen LogP contribution in [0.15, 0.2) is 47.5 Å². The number of phenolic OH excluding ortho intramolecular Hbond substituents is 1. The molecule has 26 heavy (non-hydrogen) atoms. The molecule has 1 aliphatic rings. The summed E-state index contributed by atoms with van der Waals surface area (Å²) in [5.74, 6) is 2.08. The zero-order valence-corrected chi connectivity index (χ0v) is 17.3. The minimum Gasteiger partial charge on any atom is -0.508 e. The summed E-state index contributed by atoms with van der Waals surface area (Å²) in [6.07, 6.45) is 1.94. The average Bonchev–Trinajstić information content (AvgIpc) is 3.07. The van der Waals surface area contributed by atoms with Crippen LogP contribution in [0.2, 0.25) is 0 Å². The van der Waals surface area contributed by atoms with Gasteiger partial charge in [-0.2, -0.15) is 0 Å². The Morgan fingerprint density at radius 3 is 2.85 bits per heavy atom. The molecule has 0 fully saturated rings. The Morgan fingerprint density at radius 1 is 1.15 bits per heavy atom. The number of phenols is 1. The molecule has 0 aromatic heterocycles. The number of ether oxygens (including phenoxy) is 1. The molecule has 2 aromatic rings. The van der Waals surface area contributed by atoms with Crippen LogP contribution in [0.4, 0.5) is 0 Å². The van der Waals surface area contributed by atoms with E-state index in [9.17, 15) is 5.11 Å². The summed E-state index contributed by atoms with van der Waals surface area (Å²) in [4.78, 5) is 4.58. The summed E-state index contributed by atoms with van der Waals surface area (Å²) in [6.45, 7) is 4.99. The first-order chi connectivity index (χ1) is 12.2. The van der Waals surface area contributed by atoms with Crippen molar-refractivity contribution in [1.82, 2.24) is 10.6 Å². The molecule has 1 aliphatic heterocycles. The van der Waals surface area contributed by atoms with E-state index in [1.807, 2.05) is 19.1 Å². The van der Waals surface area contributed by atoms with E-state index >= 15 is 0 Å². The van der Waals surface area contributed by atoms with Gasteiger partial charge in [-0.1, -0.05) is 24.3 Å². The minimum atomic E-state index is 0. The number of halogens is 1. The number of rotatable bonds is 6. The fourth-order valence-electron chi connectivity index (χ4n) is 2.89. The summed E-state index contributed by atoms with van der Waals surface area (Å²) in [5.41, 5.74) is 3.60. The predicted octanol–water partition coefficient (Wildman–Crippen LogP) is 3.24. The number of guanidine groups is 1. The Hall–Kier alpha value is -1.96. The van der Waals surface area contributed by atoms with E-state index < -0.39 is 0 Å². The molecule has 0 saturated carbocycles. The van der Waals surface area contributed by atoms with Crippen LogP contribution in [-0.2, 0) is 19.4 Å². The van der Waals surface area contributed by atoms with Gasteiger partial charge in [-0.05, 0) is 48.2 Å². The van der Waals surface area contributed by atoms with Crippen LogP contribution in [0.1, 0.15) is 23.6 Å². The van der Waals surface area contributed by atoms with Crippen molar-refractivity contribution in [3.63, 3.8) is 0 Å². The number of nitrogens with one attached hydrogen (secondary N) is 2. The monoisotopic (exact) mass is 467 g/mol. The Bertz CT molecular complexity index is 750. The lowest BCUT2D eigenvalue weighted by molar-refractivity contribution is 0.357. The largest absolute Gasteiger partial charge is 0.508 e. The van der Waals surface area contributed by atoms with Gasteiger partial charge in [-0.3, -0.25) is 0 Å². The van der Waals surface area contributed by atoms with Crippen molar-refractivity contribution in [3.05, 3.63) is 59.2 Å². The molecule has 0 bridgehead atoms. The van der Waals surface area contributed by atoms with Gasteiger partial charge in [0, 0.05) is 19.5 Å². The molecule has 3 N–H and O–H groups in total. The highest BCUT2D eigenvalue weighted by Gasteiger charge is 2.11. The minimum absolute atomic E-state index is 0. The van der Waals surface area contributed by atoms with Gasteiger partial charge in [0.1, 0.15) is 11.5 Å². The molecule has 2 aromatic carbocycles. The van der Waals surface area contributed by atoms with Crippen molar-refractivity contribution < 1.29 is 9.84 Å². The number of aromatic hydroxyl groups is 1. The zero-order valence-electron chi connectivity index (χ0n) is 15.0. The predicted molar refractivity (Wildman–Crippen MR) is 116 cm³/mol. The van der Waals surface area contributed by atoms with Gasteiger partial charge in [-0.15, -0.1) is 24.0 Å². The van der Waals surface area contributed by atoms with Crippen molar-refractivity contribution in [1.29, 1.82) is 0 Å². The number of hydrogen-bond donors (Lipinski definition) is 3. The molecule has 3 rings (SSSR count). The molecule has 6 heteroatoms. The highest BCUT2D eigenvalue weighted by atomic mass is 127. The fraction of sp³-hybridized carbons (Fsp3) is 0.350. The summed E-state index contributed by atoms with van der Waals surface area (Å²) in [7, 11) is 0. The van der Waals surface area contributed by atoms with E-state index in [1.54, 1.807) is 12.1 Å². The lowest BCUT2D eigenvalue weighted by Gasteiger charge is -2.12. The number of hydrogen-bond acceptors (Lipinski definition) is 3. The maximum atomic E-state index is 9.53. The van der Waals surface area contributed by atoms with Crippen LogP contribution in [0.5, 0.6) is 11.5 Å². The number of benzene rings is 2. The van der Waals surface area contributed by atoms with E-state index in [-0.39, 0.29) is 29.7 Å². The van der Waals surface area contributed by atoms with E-state index in [1.165, 1.54) is 11.1 Å². The molecule has 0 spiro atoms. The van der Waals surface area contributed by atoms with Crippen LogP contribution in [0.3, 0.4) is 0 Å². The Balaban J connectivity index is 0.00000243. The Labute approximate surface area is 171 Å². The maximum Gasteiger partial charge on any atom is 0.191 e. The lowest BCUT2D eigenvalue weighted by Crippen LogP contribution is -2.38. The van der Waals surface area contributed by atoms with Crippen molar-refractivity contribution in [2.75, 3.05) is 19.7 Å². The van der Waals surface area contributed by atoms with Crippen LogP contribution in [-0.4, -0.2) is 30.8 Å². The van der Waals surface area contributed by atoms with Crippen LogP contribution >= 0.6 is 24.0 Å². The van der Waals surface area contributed by atoms with Gasteiger partial charge >= 0.3 is 0 Å². The van der Waals surface area contributed by atoms with Gasteiger partial charge < -0.3 is 20.5 Å². The fourth-order valence-corrected chi connectivity index (χ4v) is 2.89. The molecule has 0 unspecified atom stereocenters. The van der Waals surface area contributed by atoms with Gasteiger partial charge in [0.05, 0.1) is 13.2 Å². The number of aliphatic imine (C=N–C) groups is 1. The quantitative estimate of drug-likeness (QED) is 0.347. The van der Waals surface area contributed by atoms with Crippen molar-refractivity contribution in [2.45, 2.75) is 26.3 Å². The molecule has 0 atom stereocenters. The van der Waals surface area contributed by atoms with E-state index in [0.29, 0.717) is 6.54 Å². The van der Waals surface area contributed by atoms with E-state index in [4.69, 9.17) is 4.74 Å². The second-order valence-corrected chi connectivity index (χ2v) is 6.08. The lowest BCUT2D eigenvalue weighted by atomic mass is 10.1. The van der Waals surface area contributed by atoms with E-state index in [2.05, 4.69) is 33.8 Å². The molecule has 0 amide bonds. The summed E-state index contributed by atoms with van der Waals surface area (Å²) >= 11 is 0. The average molecular weight is 467 g/mol. The molecule has 1 heterocycles. The first kappa shape index (κ1) is 20.4. The maximum absolute atomic E-state index is 9.53. The number of nitrogens with zero attached hydrogens (tertiary/aromatic N) is 1. The highest BCUT2D eigenvalue weighted by Crippen LogP contribution is 2.25. The van der Waals surface area contributed by atoms with Gasteiger partial charge in [0.2, 0.25) is 0 Å². The molecule has 5 nitrogen and oxygen atoms in total. The van der Waals surface area contributed by atoms with Gasteiger partial charge in [-0.25, -0.2) is 4.99 Å². The van der Waals surface area contributed by atoms with Crippen molar-refractivity contribution >= 4 is 29.9 Å². The summed E-state index contributed by atoms with van der Waals surface area (Å²) < 4.78 is 5.55. The molecule has 140 valence electrons. The first-order valence-electron chi connectivity index (χ1n) is 8.79. The summed E-state index contributed by atoms with van der Waals surface area (Å²) in [5, 5.41) is 16.1. The Kier molecular flexibility index (Phi) is 8.03. The highest BCUT2D eigenvalue weighted by molar-refractivity contribution is 14.0. The molecular weight excluding hydrogens is 441 g/mol. The van der Waals surface area contributed by atoms with Crippen molar-refractivity contribution in [2.24, 2.45) is 4.99 Å². The second kappa shape index (κ2) is 10.3. The van der Waals surface area contributed by atoms with E-state index in [0.717, 1.165) is 49.8 Å². The normalized spacial score (nSPS) is 12.7. The third-order valence-electron chi connectivity index (χ3n) is 4.13. The standard InChI is InChI=1S/C20H25N3O2.HI/c1-2-21-20(23-14-16-4-3-5-18(24)13-16)22-10-8-15-6-7-19-17(12-15)9-11-25-19;/h3-7,12-13,24H,2,8-11,14H2,1H3,(H2,21,22,23);1H. The smallest absolute Gasteiger partial charge is 0.191 e. The number of fused-ring (bicyclic) bond motifs is 1. The topological polar surface area (TPSA) is 65.9 Å². The first-order valence-corrected chi connectivity index (χ1v) is 8.79. The third-order valence-corrected chi connectivity index (χ3v) is 4.13. The molecule has 0 saturated heterocycles. The SMILES string of the molecule is CCNC(=NCc1cccc(O)c1)NCCc1ccc2c(c1)CCO2.I. The third kappa shape index (κ3) is 5.79. The molecule has 0 aliphatic carbocycles. The molecular formula is C20H26IN3O2.